The zero-order valence-corrected chi connectivity index (χ0v) is 23.3. The number of halogens is 1. The van der Waals surface area contributed by atoms with E-state index < -0.39 is 0 Å². The number of carbonyl (C=O) groups is 2. The van der Waals surface area contributed by atoms with E-state index in [9.17, 15) is 14.0 Å². The quantitative estimate of drug-likeness (QED) is 0.510. The minimum absolute atomic E-state index is 0.0362. The van der Waals surface area contributed by atoms with Crippen molar-refractivity contribution >= 4 is 17.5 Å². The van der Waals surface area contributed by atoms with E-state index in [1.807, 2.05) is 18.7 Å². The summed E-state index contributed by atoms with van der Waals surface area (Å²) < 4.78 is 16.3. The summed E-state index contributed by atoms with van der Waals surface area (Å²) in [7, 11) is 0. The lowest BCUT2D eigenvalue weighted by atomic mass is 10.1. The first kappa shape index (κ1) is 28.8. The summed E-state index contributed by atoms with van der Waals surface area (Å²) in [6.45, 7) is 15.4. The molecule has 0 aliphatic carbocycles. The summed E-state index contributed by atoms with van der Waals surface area (Å²) in [6.07, 6.45) is 6.42. The molecule has 0 radical (unpaired) electrons. The second kappa shape index (κ2) is 13.7. The molecule has 37 heavy (non-hydrogen) atoms. The van der Waals surface area contributed by atoms with Crippen LogP contribution in [0.4, 0.5) is 10.1 Å². The van der Waals surface area contributed by atoms with Crippen LogP contribution in [0.3, 0.4) is 0 Å². The van der Waals surface area contributed by atoms with Gasteiger partial charge < -0.3 is 14.7 Å². The Morgan fingerprint density at radius 2 is 1.76 bits per heavy atom. The van der Waals surface area contributed by atoms with Gasteiger partial charge in [0.15, 0.2) is 0 Å². The number of rotatable bonds is 7. The van der Waals surface area contributed by atoms with Crippen molar-refractivity contribution in [2.75, 3.05) is 37.6 Å². The number of aromatic nitrogens is 2. The first-order valence-electron chi connectivity index (χ1n) is 13.8. The van der Waals surface area contributed by atoms with E-state index in [0.29, 0.717) is 42.2 Å². The third-order valence-corrected chi connectivity index (χ3v) is 6.58. The Balaban J connectivity index is 1.98. The maximum absolute atomic E-state index is 14.5. The third kappa shape index (κ3) is 8.38. The molecule has 204 valence electrons. The number of carbonyl (C=O) groups excluding carboxylic acids is 2. The lowest BCUT2D eigenvalue weighted by molar-refractivity contribution is -0.119. The van der Waals surface area contributed by atoms with E-state index in [0.717, 1.165) is 45.4 Å². The predicted molar refractivity (Wildman–Crippen MR) is 146 cm³/mol. The summed E-state index contributed by atoms with van der Waals surface area (Å²) in [4.78, 5) is 33.0. The van der Waals surface area contributed by atoms with Crippen molar-refractivity contribution in [3.05, 3.63) is 47.5 Å². The number of hydrogen-bond donors (Lipinski definition) is 0. The average molecular weight is 514 g/mol. The van der Waals surface area contributed by atoms with Gasteiger partial charge in [-0.15, -0.1) is 0 Å². The van der Waals surface area contributed by atoms with Crippen molar-refractivity contribution in [3.8, 4) is 0 Å². The van der Waals surface area contributed by atoms with Crippen LogP contribution in [0.15, 0.2) is 30.6 Å². The van der Waals surface area contributed by atoms with E-state index in [1.165, 1.54) is 12.1 Å². The Kier molecular flexibility index (Phi) is 10.7. The van der Waals surface area contributed by atoms with Crippen LogP contribution in [0.2, 0.25) is 0 Å². The van der Waals surface area contributed by atoms with Gasteiger partial charge >= 0.3 is 0 Å². The van der Waals surface area contributed by atoms with Crippen LogP contribution in [-0.4, -0.2) is 64.1 Å². The van der Waals surface area contributed by atoms with Crippen LogP contribution in [0.1, 0.15) is 76.2 Å². The van der Waals surface area contributed by atoms with Crippen molar-refractivity contribution in [1.82, 2.24) is 19.6 Å². The van der Waals surface area contributed by atoms with Gasteiger partial charge in [0.1, 0.15) is 5.82 Å². The molecule has 0 spiro atoms. The predicted octanol–water partition coefficient (Wildman–Crippen LogP) is 5.21. The topological polar surface area (TPSA) is 61.7 Å². The van der Waals surface area contributed by atoms with E-state index in [4.69, 9.17) is 0 Å². The van der Waals surface area contributed by atoms with Crippen molar-refractivity contribution < 1.29 is 14.0 Å². The molecule has 8 heteroatoms. The number of anilines is 1. The van der Waals surface area contributed by atoms with Gasteiger partial charge in [0.05, 0.1) is 11.8 Å². The minimum atomic E-state index is -0.367. The average Bonchev–Trinajstić information content (AvgIpc) is 3.28. The number of benzene rings is 1. The molecule has 3 rings (SSSR count). The SMILES string of the molecule is CCCn1cc(C(=O)N2CCCN(CC(C)C)CCCN(C(=O)CC(C)C)c3ccc(F)cc3C2)cn1. The highest BCUT2D eigenvalue weighted by Crippen LogP contribution is 2.27. The van der Waals surface area contributed by atoms with Gasteiger partial charge in [0.2, 0.25) is 5.91 Å². The smallest absolute Gasteiger partial charge is 0.257 e. The third-order valence-electron chi connectivity index (χ3n) is 6.58. The molecule has 7 nitrogen and oxygen atoms in total. The molecule has 1 aliphatic heterocycles. The van der Waals surface area contributed by atoms with Crippen molar-refractivity contribution in [2.24, 2.45) is 11.8 Å². The number of amides is 2. The second-order valence-electron chi connectivity index (χ2n) is 11.0. The van der Waals surface area contributed by atoms with Gasteiger partial charge in [-0.1, -0.05) is 34.6 Å². The molecular weight excluding hydrogens is 469 g/mol. The molecule has 0 fully saturated rings. The van der Waals surface area contributed by atoms with Gasteiger partial charge in [-0.3, -0.25) is 14.3 Å². The fourth-order valence-electron chi connectivity index (χ4n) is 5.00. The van der Waals surface area contributed by atoms with Crippen molar-refractivity contribution in [3.63, 3.8) is 0 Å². The molecule has 1 aromatic carbocycles. The normalized spacial score (nSPS) is 16.0. The van der Waals surface area contributed by atoms with E-state index in [-0.39, 0.29) is 30.1 Å². The second-order valence-corrected chi connectivity index (χ2v) is 11.0. The Morgan fingerprint density at radius 3 is 2.43 bits per heavy atom. The molecule has 1 aliphatic rings. The van der Waals surface area contributed by atoms with Crippen LogP contribution in [0.25, 0.3) is 0 Å². The Labute approximate surface area is 221 Å². The summed E-state index contributed by atoms with van der Waals surface area (Å²) >= 11 is 0. The number of hydrogen-bond acceptors (Lipinski definition) is 4. The van der Waals surface area contributed by atoms with Crippen LogP contribution < -0.4 is 4.90 Å². The molecule has 0 saturated heterocycles. The summed E-state index contributed by atoms with van der Waals surface area (Å²) in [6, 6.07) is 4.58. The first-order chi connectivity index (χ1) is 17.7. The standard InChI is InChI=1S/C29H44FN5O2/c1-6-11-34-21-25(18-31-34)29(37)33-14-7-12-32(19-23(4)5)13-8-15-35(28(36)16-22(2)3)27-10-9-26(30)17-24(27)20-33/h9-10,17-18,21-23H,6-8,11-16,19-20H2,1-5H3. The van der Waals surface area contributed by atoms with Crippen LogP contribution >= 0.6 is 0 Å². The van der Waals surface area contributed by atoms with E-state index in [2.05, 4.69) is 30.8 Å². The maximum Gasteiger partial charge on any atom is 0.257 e. The molecule has 0 atom stereocenters. The van der Waals surface area contributed by atoms with Crippen molar-refractivity contribution in [1.29, 1.82) is 0 Å². The maximum atomic E-state index is 14.5. The molecule has 0 N–H and O–H groups in total. The minimum Gasteiger partial charge on any atom is -0.334 e. The molecule has 2 aromatic rings. The van der Waals surface area contributed by atoms with Crippen LogP contribution in [0, 0.1) is 17.7 Å². The highest BCUT2D eigenvalue weighted by molar-refractivity contribution is 5.95. The van der Waals surface area contributed by atoms with Gasteiger partial charge in [-0.2, -0.15) is 5.10 Å². The number of aryl methyl sites for hydroxylation is 1. The highest BCUT2D eigenvalue weighted by atomic mass is 19.1. The highest BCUT2D eigenvalue weighted by Gasteiger charge is 2.25. The van der Waals surface area contributed by atoms with E-state index in [1.54, 1.807) is 28.0 Å². The summed E-state index contributed by atoms with van der Waals surface area (Å²) in [5.41, 5.74) is 1.89. The number of fused-ring (bicyclic) bond motifs is 1. The van der Waals surface area contributed by atoms with Gasteiger partial charge in [-0.25, -0.2) is 4.39 Å². The Morgan fingerprint density at radius 1 is 1.03 bits per heavy atom. The molecule has 2 heterocycles. The van der Waals surface area contributed by atoms with Crippen LogP contribution in [-0.2, 0) is 17.9 Å². The zero-order chi connectivity index (χ0) is 26.9. The van der Waals surface area contributed by atoms with Crippen molar-refractivity contribution in [2.45, 2.75) is 73.4 Å². The molecule has 0 bridgehead atoms. The Hall–Kier alpha value is -2.74. The largest absolute Gasteiger partial charge is 0.334 e. The fraction of sp³-hybridized carbons (Fsp3) is 0.621. The molecule has 0 unspecified atom stereocenters. The van der Waals surface area contributed by atoms with Gasteiger partial charge in [-0.05, 0) is 68.0 Å². The van der Waals surface area contributed by atoms with Crippen LogP contribution in [0.5, 0.6) is 0 Å². The molecule has 2 amide bonds. The first-order valence-corrected chi connectivity index (χ1v) is 13.8. The van der Waals surface area contributed by atoms with Gasteiger partial charge in [0.25, 0.3) is 5.91 Å². The molecule has 1 aromatic heterocycles. The monoisotopic (exact) mass is 513 g/mol. The lowest BCUT2D eigenvalue weighted by Crippen LogP contribution is -2.40. The molecule has 0 saturated carbocycles. The zero-order valence-electron chi connectivity index (χ0n) is 23.3. The Bertz CT molecular complexity index is 1040. The lowest BCUT2D eigenvalue weighted by Gasteiger charge is -2.32. The number of nitrogens with zero attached hydrogens (tertiary/aromatic N) is 5. The summed E-state index contributed by atoms with van der Waals surface area (Å²) in [5.74, 6) is 0.290. The van der Waals surface area contributed by atoms with Gasteiger partial charge in [0, 0.05) is 51.0 Å². The van der Waals surface area contributed by atoms with E-state index >= 15 is 0 Å². The fourth-order valence-corrected chi connectivity index (χ4v) is 5.00. The molecular formula is C29H44FN5O2. The summed E-state index contributed by atoms with van der Waals surface area (Å²) in [5, 5.41) is 4.34.